The Labute approximate surface area is 165 Å². The molecule has 0 aliphatic rings. The fourth-order valence-electron chi connectivity index (χ4n) is 2.48. The Hall–Kier alpha value is -2.82. The lowest BCUT2D eigenvalue weighted by Crippen LogP contribution is -2.47. The topological polar surface area (TPSA) is 124 Å². The van der Waals surface area contributed by atoms with Gasteiger partial charge in [-0.1, -0.05) is 6.07 Å². The van der Waals surface area contributed by atoms with Crippen LogP contribution in [-0.2, 0) is 20.4 Å². The lowest BCUT2D eigenvalue weighted by Gasteiger charge is -2.25. The van der Waals surface area contributed by atoms with Gasteiger partial charge in [0.25, 0.3) is 11.5 Å². The van der Waals surface area contributed by atoms with E-state index >= 15 is 0 Å². The van der Waals surface area contributed by atoms with E-state index in [9.17, 15) is 18.0 Å². The van der Waals surface area contributed by atoms with Crippen LogP contribution in [0.4, 0.5) is 5.69 Å². The first-order valence-electron chi connectivity index (χ1n) is 8.18. The highest BCUT2D eigenvalue weighted by Gasteiger charge is 2.32. The number of carbonyl (C=O) groups excluding carboxylic acids is 1. The van der Waals surface area contributed by atoms with Crippen LogP contribution in [0.1, 0.15) is 13.8 Å². The number of hydrogen-bond donors (Lipinski definition) is 2. The number of nitrogens with zero attached hydrogens (tertiary/aromatic N) is 2. The molecule has 2 aromatic heterocycles. The van der Waals surface area contributed by atoms with E-state index in [0.29, 0.717) is 11.4 Å². The zero-order valence-corrected chi connectivity index (χ0v) is 16.8. The van der Waals surface area contributed by atoms with E-state index in [1.54, 1.807) is 19.9 Å². The fraction of sp³-hybridized carbons (Fsp3) is 0.167. The zero-order chi connectivity index (χ0) is 20.5. The van der Waals surface area contributed by atoms with E-state index in [-0.39, 0.29) is 4.90 Å². The van der Waals surface area contributed by atoms with Crippen molar-refractivity contribution in [3.05, 3.63) is 64.3 Å². The number of anilines is 1. The van der Waals surface area contributed by atoms with E-state index in [1.165, 1.54) is 41.7 Å². The highest BCUT2D eigenvalue weighted by Crippen LogP contribution is 2.23. The third kappa shape index (κ3) is 4.03. The Balaban J connectivity index is 1.89. The third-order valence-corrected chi connectivity index (χ3v) is 5.92. The van der Waals surface area contributed by atoms with E-state index in [1.807, 2.05) is 17.5 Å². The van der Waals surface area contributed by atoms with Gasteiger partial charge >= 0.3 is 0 Å². The second kappa shape index (κ2) is 7.30. The van der Waals surface area contributed by atoms with Gasteiger partial charge in [-0.15, -0.1) is 11.3 Å². The van der Waals surface area contributed by atoms with Crippen molar-refractivity contribution >= 4 is 33.0 Å². The Kier molecular flexibility index (Phi) is 5.20. The molecule has 10 heteroatoms. The second-order valence-electron chi connectivity index (χ2n) is 6.53. The highest BCUT2D eigenvalue weighted by molar-refractivity contribution is 7.89. The van der Waals surface area contributed by atoms with Gasteiger partial charge in [0.05, 0.1) is 9.77 Å². The maximum atomic E-state index is 12.8. The van der Waals surface area contributed by atoms with Crippen molar-refractivity contribution in [2.24, 2.45) is 5.14 Å². The minimum absolute atomic E-state index is 0.0636. The van der Waals surface area contributed by atoms with Crippen LogP contribution in [0, 0.1) is 0 Å². The van der Waals surface area contributed by atoms with Gasteiger partial charge in [-0.25, -0.2) is 18.2 Å². The van der Waals surface area contributed by atoms with Crippen molar-refractivity contribution in [3.8, 4) is 10.6 Å². The van der Waals surface area contributed by atoms with Crippen molar-refractivity contribution in [2.75, 3.05) is 5.32 Å². The summed E-state index contributed by atoms with van der Waals surface area (Å²) >= 11 is 1.48. The van der Waals surface area contributed by atoms with Crippen molar-refractivity contribution in [2.45, 2.75) is 24.3 Å². The van der Waals surface area contributed by atoms with Crippen molar-refractivity contribution in [1.82, 2.24) is 9.78 Å². The summed E-state index contributed by atoms with van der Waals surface area (Å²) in [5, 5.41) is 14.0. The molecule has 28 heavy (non-hydrogen) atoms. The third-order valence-electron chi connectivity index (χ3n) is 4.10. The first kappa shape index (κ1) is 19.9. The van der Waals surface area contributed by atoms with Crippen LogP contribution >= 0.6 is 11.3 Å². The normalized spacial score (nSPS) is 12.0. The minimum Gasteiger partial charge on any atom is -0.324 e. The van der Waals surface area contributed by atoms with Crippen LogP contribution in [0.3, 0.4) is 0 Å². The number of hydrogen-bond acceptors (Lipinski definition) is 6. The first-order valence-corrected chi connectivity index (χ1v) is 10.6. The number of rotatable bonds is 5. The second-order valence-corrected chi connectivity index (χ2v) is 9.04. The van der Waals surface area contributed by atoms with E-state index in [4.69, 9.17) is 5.14 Å². The van der Waals surface area contributed by atoms with E-state index in [0.717, 1.165) is 9.56 Å². The number of aromatic nitrogens is 2. The molecule has 3 aromatic rings. The van der Waals surface area contributed by atoms with Gasteiger partial charge in [-0.3, -0.25) is 9.59 Å². The van der Waals surface area contributed by atoms with Crippen molar-refractivity contribution in [3.63, 3.8) is 0 Å². The minimum atomic E-state index is -3.82. The number of benzene rings is 1. The summed E-state index contributed by atoms with van der Waals surface area (Å²) in [5.74, 6) is -0.478. The summed E-state index contributed by atoms with van der Waals surface area (Å²) in [5.41, 5.74) is -0.742. The highest BCUT2D eigenvalue weighted by atomic mass is 32.2. The maximum absolute atomic E-state index is 12.8. The molecule has 0 spiro atoms. The first-order chi connectivity index (χ1) is 13.1. The van der Waals surface area contributed by atoms with Crippen LogP contribution in [0.5, 0.6) is 0 Å². The molecule has 1 aromatic carbocycles. The molecule has 0 aliphatic carbocycles. The summed E-state index contributed by atoms with van der Waals surface area (Å²) < 4.78 is 23.8. The standard InChI is InChI=1S/C18H18N4O4S2/c1-18(2,17(24)20-12-5-7-13(8-6-12)28(19,25)26)22-16(23)10-9-14(21-22)15-4-3-11-27-15/h3-11H,1-2H3,(H,20,24)(H2,19,25,26). The Bertz CT molecular complexity index is 1170. The molecule has 0 saturated heterocycles. The van der Waals surface area contributed by atoms with Gasteiger partial charge in [0, 0.05) is 11.8 Å². The Morgan fingerprint density at radius 3 is 2.39 bits per heavy atom. The van der Waals surface area contributed by atoms with Gasteiger partial charge in [0.15, 0.2) is 0 Å². The van der Waals surface area contributed by atoms with Crippen LogP contribution in [0.2, 0.25) is 0 Å². The quantitative estimate of drug-likeness (QED) is 0.656. The smallest absolute Gasteiger partial charge is 0.267 e. The van der Waals surface area contributed by atoms with Crippen LogP contribution in [0.25, 0.3) is 10.6 Å². The monoisotopic (exact) mass is 418 g/mol. The van der Waals surface area contributed by atoms with Gasteiger partial charge in [0.2, 0.25) is 10.0 Å². The molecule has 0 bridgehead atoms. The number of thiophene rings is 1. The molecule has 8 nitrogen and oxygen atoms in total. The molecule has 3 N–H and O–H groups in total. The Morgan fingerprint density at radius 1 is 1.14 bits per heavy atom. The largest absolute Gasteiger partial charge is 0.324 e. The van der Waals surface area contributed by atoms with Gasteiger partial charge in [-0.2, -0.15) is 5.10 Å². The molecule has 0 fully saturated rings. The zero-order valence-electron chi connectivity index (χ0n) is 15.1. The molecule has 146 valence electrons. The van der Waals surface area contributed by atoms with Gasteiger partial charge in [-0.05, 0) is 55.6 Å². The van der Waals surface area contributed by atoms with Crippen LogP contribution in [-0.4, -0.2) is 24.1 Å². The number of nitrogens with two attached hydrogens (primary N) is 1. The summed E-state index contributed by atoms with van der Waals surface area (Å²) in [6, 6.07) is 12.2. The number of sulfonamides is 1. The van der Waals surface area contributed by atoms with Crippen molar-refractivity contribution in [1.29, 1.82) is 0 Å². The molecule has 0 radical (unpaired) electrons. The average Bonchev–Trinajstić information content (AvgIpc) is 3.16. The number of carbonyl (C=O) groups is 1. The molecule has 0 aliphatic heterocycles. The molecule has 0 atom stereocenters. The molecule has 1 amide bonds. The molecular formula is C18H18N4O4S2. The lowest BCUT2D eigenvalue weighted by atomic mass is 10.0. The van der Waals surface area contributed by atoms with Gasteiger partial charge in [0.1, 0.15) is 11.2 Å². The van der Waals surface area contributed by atoms with Crippen LogP contribution in [0.15, 0.2) is 63.6 Å². The molecule has 0 saturated carbocycles. The number of nitrogens with one attached hydrogen (secondary N) is 1. The maximum Gasteiger partial charge on any atom is 0.267 e. The molecule has 3 rings (SSSR count). The predicted octanol–water partition coefficient (Wildman–Crippen LogP) is 1.99. The van der Waals surface area contributed by atoms with Crippen LogP contribution < -0.4 is 16.0 Å². The number of primary sulfonamides is 1. The van der Waals surface area contributed by atoms with Gasteiger partial charge < -0.3 is 5.32 Å². The molecular weight excluding hydrogens is 400 g/mol. The molecule has 0 unspecified atom stereocenters. The predicted molar refractivity (Wildman–Crippen MR) is 108 cm³/mol. The number of amides is 1. The SMILES string of the molecule is CC(C)(C(=O)Nc1ccc(S(N)(=O)=O)cc1)n1nc(-c2cccs2)ccc1=O. The average molecular weight is 419 g/mol. The van der Waals surface area contributed by atoms with Crippen molar-refractivity contribution < 1.29 is 13.2 Å². The summed E-state index contributed by atoms with van der Waals surface area (Å²) in [6.07, 6.45) is 0. The summed E-state index contributed by atoms with van der Waals surface area (Å²) in [7, 11) is -3.82. The van der Waals surface area contributed by atoms with E-state index < -0.39 is 27.0 Å². The lowest BCUT2D eigenvalue weighted by molar-refractivity contribution is -0.123. The summed E-state index contributed by atoms with van der Waals surface area (Å²) in [6.45, 7) is 3.15. The fourth-order valence-corrected chi connectivity index (χ4v) is 3.68. The van der Waals surface area contributed by atoms with E-state index in [2.05, 4.69) is 10.4 Å². The Morgan fingerprint density at radius 2 is 1.82 bits per heavy atom. The summed E-state index contributed by atoms with van der Waals surface area (Å²) in [4.78, 5) is 26.0. The molecule has 2 heterocycles.